The van der Waals surface area contributed by atoms with E-state index in [9.17, 15) is 9.59 Å². The highest BCUT2D eigenvalue weighted by molar-refractivity contribution is 7.15. The number of benzene rings is 2. The minimum atomic E-state index is -0.483. The van der Waals surface area contributed by atoms with Crippen LogP contribution >= 0.6 is 11.3 Å². The van der Waals surface area contributed by atoms with Gasteiger partial charge in [-0.3, -0.25) is 4.79 Å². The summed E-state index contributed by atoms with van der Waals surface area (Å²) in [5, 5.41) is 5.09. The molecule has 0 aliphatic heterocycles. The Balaban J connectivity index is 1.85. The monoisotopic (exact) mass is 465 g/mol. The van der Waals surface area contributed by atoms with Gasteiger partial charge in [-0.1, -0.05) is 30.3 Å². The number of rotatable bonds is 10. The van der Waals surface area contributed by atoms with Gasteiger partial charge in [0.15, 0.2) is 0 Å². The van der Waals surface area contributed by atoms with E-state index in [1.165, 1.54) is 17.4 Å². The number of nitrogens with one attached hydrogen (secondary N) is 1. The van der Waals surface area contributed by atoms with E-state index in [-0.39, 0.29) is 12.5 Å². The molecule has 0 fully saturated rings. The summed E-state index contributed by atoms with van der Waals surface area (Å²) in [5.41, 5.74) is 2.66. The first-order chi connectivity index (χ1) is 16.1. The minimum Gasteiger partial charge on any atom is -0.494 e. The Kier molecular flexibility index (Phi) is 8.66. The maximum atomic E-state index is 12.7. The Hall–Kier alpha value is -3.58. The quantitative estimate of drug-likeness (QED) is 0.292. The van der Waals surface area contributed by atoms with Crippen LogP contribution in [0.15, 0.2) is 60.0 Å². The summed E-state index contributed by atoms with van der Waals surface area (Å²) in [6, 6.07) is 14.9. The van der Waals surface area contributed by atoms with E-state index in [2.05, 4.69) is 5.32 Å². The fourth-order valence-corrected chi connectivity index (χ4v) is 4.15. The van der Waals surface area contributed by atoms with Gasteiger partial charge < -0.3 is 19.5 Å². The lowest BCUT2D eigenvalue weighted by atomic mass is 10.0. The minimum absolute atomic E-state index is 0.235. The van der Waals surface area contributed by atoms with Gasteiger partial charge in [0, 0.05) is 22.6 Å². The molecule has 0 radical (unpaired) electrons. The van der Waals surface area contributed by atoms with Crippen LogP contribution in [0.2, 0.25) is 0 Å². The van der Waals surface area contributed by atoms with Crippen molar-refractivity contribution in [1.82, 2.24) is 0 Å². The lowest BCUT2D eigenvalue weighted by Crippen LogP contribution is -2.12. The number of thiophene rings is 1. The Morgan fingerprint density at radius 1 is 0.939 bits per heavy atom. The molecule has 0 spiro atoms. The normalized spacial score (nSPS) is 10.8. The molecule has 1 heterocycles. The molecular weight excluding hydrogens is 438 g/mol. The highest BCUT2D eigenvalue weighted by Crippen LogP contribution is 2.37. The van der Waals surface area contributed by atoms with Gasteiger partial charge in [0.25, 0.3) is 0 Å². The van der Waals surface area contributed by atoms with E-state index in [0.29, 0.717) is 35.1 Å². The second kappa shape index (κ2) is 11.9. The first kappa shape index (κ1) is 24.1. The molecule has 0 saturated heterocycles. The van der Waals surface area contributed by atoms with Gasteiger partial charge in [0.1, 0.15) is 22.1 Å². The van der Waals surface area contributed by atoms with E-state index in [1.807, 2.05) is 67.8 Å². The molecule has 1 amide bonds. The molecule has 1 N–H and O–H groups in total. The topological polar surface area (TPSA) is 73.9 Å². The van der Waals surface area contributed by atoms with Crippen molar-refractivity contribution in [3.8, 4) is 22.6 Å². The lowest BCUT2D eigenvalue weighted by Gasteiger charge is -2.09. The fraction of sp³-hybridized carbons (Fsp3) is 0.231. The number of carbonyl (C=O) groups is 2. The van der Waals surface area contributed by atoms with Gasteiger partial charge in [0.2, 0.25) is 5.91 Å². The molecule has 0 aliphatic rings. The maximum absolute atomic E-state index is 12.7. The standard InChI is InChI=1S/C26H27NO5S/c1-4-30-20-14-11-18(12-15-20)21-17-33-25(24(21)26(29)32-6-3)27-23(28)16-13-19-9-7-8-10-22(19)31-5-2/h7-17H,4-6H2,1-3H3,(H,27,28)/b16-13+. The molecule has 6 nitrogen and oxygen atoms in total. The Morgan fingerprint density at radius 3 is 2.36 bits per heavy atom. The molecule has 7 heteroatoms. The molecule has 0 saturated carbocycles. The number of ether oxygens (including phenoxy) is 3. The number of esters is 1. The first-order valence-corrected chi connectivity index (χ1v) is 11.7. The second-order valence-corrected chi connectivity index (χ2v) is 7.70. The predicted octanol–water partition coefficient (Wildman–Crippen LogP) is 6.04. The number of carbonyl (C=O) groups excluding carboxylic acids is 2. The molecule has 3 aromatic rings. The van der Waals surface area contributed by atoms with Crippen LogP contribution in [0.4, 0.5) is 5.00 Å². The largest absolute Gasteiger partial charge is 0.494 e. The predicted molar refractivity (Wildman–Crippen MR) is 132 cm³/mol. The third-order valence-electron chi connectivity index (χ3n) is 4.62. The van der Waals surface area contributed by atoms with Crippen LogP contribution in [0.5, 0.6) is 11.5 Å². The smallest absolute Gasteiger partial charge is 0.341 e. The summed E-state index contributed by atoms with van der Waals surface area (Å²) in [4.78, 5) is 25.4. The summed E-state index contributed by atoms with van der Waals surface area (Å²) in [5.74, 6) is 0.612. The molecule has 2 aromatic carbocycles. The van der Waals surface area contributed by atoms with Crippen molar-refractivity contribution >= 4 is 34.3 Å². The molecule has 172 valence electrons. The number of hydrogen-bond donors (Lipinski definition) is 1. The van der Waals surface area contributed by atoms with E-state index in [4.69, 9.17) is 14.2 Å². The van der Waals surface area contributed by atoms with E-state index in [1.54, 1.807) is 13.0 Å². The van der Waals surface area contributed by atoms with Crippen molar-refractivity contribution < 1.29 is 23.8 Å². The van der Waals surface area contributed by atoms with E-state index in [0.717, 1.165) is 16.9 Å². The Bertz CT molecular complexity index is 1120. The van der Waals surface area contributed by atoms with Gasteiger partial charge in [-0.15, -0.1) is 11.3 Å². The van der Waals surface area contributed by atoms with Crippen LogP contribution in [0.3, 0.4) is 0 Å². The summed E-state index contributed by atoms with van der Waals surface area (Å²) in [6.07, 6.45) is 3.11. The van der Waals surface area contributed by atoms with Crippen molar-refractivity contribution in [3.05, 3.63) is 71.1 Å². The number of amides is 1. The highest BCUT2D eigenvalue weighted by Gasteiger charge is 2.22. The lowest BCUT2D eigenvalue weighted by molar-refractivity contribution is -0.111. The van der Waals surface area contributed by atoms with E-state index >= 15 is 0 Å². The average molecular weight is 466 g/mol. The Morgan fingerprint density at radius 2 is 1.67 bits per heavy atom. The number of anilines is 1. The zero-order valence-electron chi connectivity index (χ0n) is 18.9. The van der Waals surface area contributed by atoms with Gasteiger partial charge >= 0.3 is 5.97 Å². The molecule has 33 heavy (non-hydrogen) atoms. The van der Waals surface area contributed by atoms with Gasteiger partial charge in [-0.05, 0) is 50.6 Å². The summed E-state index contributed by atoms with van der Waals surface area (Å²) in [7, 11) is 0. The van der Waals surface area contributed by atoms with Crippen molar-refractivity contribution in [1.29, 1.82) is 0 Å². The zero-order chi connectivity index (χ0) is 23.6. The van der Waals surface area contributed by atoms with Gasteiger partial charge in [-0.2, -0.15) is 0 Å². The fourth-order valence-electron chi connectivity index (χ4n) is 3.19. The van der Waals surface area contributed by atoms with E-state index < -0.39 is 5.97 Å². The summed E-state index contributed by atoms with van der Waals surface area (Å²) < 4.78 is 16.3. The van der Waals surface area contributed by atoms with Crippen LogP contribution < -0.4 is 14.8 Å². The number of para-hydroxylation sites is 1. The van der Waals surface area contributed by atoms with Crippen molar-refractivity contribution in [2.24, 2.45) is 0 Å². The third-order valence-corrected chi connectivity index (χ3v) is 5.51. The second-order valence-electron chi connectivity index (χ2n) is 6.82. The molecule has 0 atom stereocenters. The first-order valence-electron chi connectivity index (χ1n) is 10.8. The zero-order valence-corrected chi connectivity index (χ0v) is 19.7. The maximum Gasteiger partial charge on any atom is 0.341 e. The SMILES string of the molecule is CCOC(=O)c1c(-c2ccc(OCC)cc2)csc1NC(=O)/C=C/c1ccccc1OCC. The van der Waals surface area contributed by atoms with Crippen LogP contribution in [-0.2, 0) is 9.53 Å². The molecule has 0 unspecified atom stereocenters. The molecule has 0 bridgehead atoms. The van der Waals surface area contributed by atoms with Crippen molar-refractivity contribution in [2.75, 3.05) is 25.1 Å². The Labute approximate surface area is 197 Å². The average Bonchev–Trinajstić information content (AvgIpc) is 3.23. The summed E-state index contributed by atoms with van der Waals surface area (Å²) >= 11 is 1.28. The highest BCUT2D eigenvalue weighted by atomic mass is 32.1. The number of hydrogen-bond acceptors (Lipinski definition) is 6. The third kappa shape index (κ3) is 6.23. The van der Waals surface area contributed by atoms with Gasteiger partial charge in [0.05, 0.1) is 19.8 Å². The van der Waals surface area contributed by atoms with Crippen LogP contribution in [0.25, 0.3) is 17.2 Å². The van der Waals surface area contributed by atoms with Crippen LogP contribution in [0.1, 0.15) is 36.7 Å². The molecule has 1 aromatic heterocycles. The van der Waals surface area contributed by atoms with Crippen LogP contribution in [-0.4, -0.2) is 31.7 Å². The molecule has 0 aliphatic carbocycles. The van der Waals surface area contributed by atoms with Crippen molar-refractivity contribution in [3.63, 3.8) is 0 Å². The molecular formula is C26H27NO5S. The summed E-state index contributed by atoms with van der Waals surface area (Å²) in [6.45, 7) is 6.91. The van der Waals surface area contributed by atoms with Crippen molar-refractivity contribution in [2.45, 2.75) is 20.8 Å². The van der Waals surface area contributed by atoms with Gasteiger partial charge in [-0.25, -0.2) is 4.79 Å². The van der Waals surface area contributed by atoms with Crippen LogP contribution in [0, 0.1) is 0 Å². The molecule has 3 rings (SSSR count).